The number of nitrogens with one attached hydrogen (secondary N) is 1. The fourth-order valence-electron chi connectivity index (χ4n) is 1.76. The quantitative estimate of drug-likeness (QED) is 0.632. The predicted octanol–water partition coefficient (Wildman–Crippen LogP) is 3.03. The minimum atomic E-state index is 1.01. The van der Waals surface area contributed by atoms with Gasteiger partial charge in [0.2, 0.25) is 0 Å². The van der Waals surface area contributed by atoms with Crippen molar-refractivity contribution in [1.82, 2.24) is 9.97 Å². The molecule has 1 radical (unpaired) electrons. The van der Waals surface area contributed by atoms with Crippen molar-refractivity contribution in [3.63, 3.8) is 0 Å². The molecule has 0 saturated heterocycles. The number of benzene rings is 2. The highest BCUT2D eigenvalue weighted by molar-refractivity contribution is 5.91. The van der Waals surface area contributed by atoms with Crippen LogP contribution in [-0.4, -0.2) is 9.97 Å². The van der Waals surface area contributed by atoms with Gasteiger partial charge in [0.15, 0.2) is 0 Å². The lowest BCUT2D eigenvalue weighted by Crippen LogP contribution is -1.79. The van der Waals surface area contributed by atoms with Crippen molar-refractivity contribution in [2.45, 2.75) is 0 Å². The monoisotopic (exact) mass is 193 g/mol. The molecular formula is C13H9N2. The molecule has 0 atom stereocenters. The number of nitrogens with zero attached hydrogens (tertiary/aromatic N) is 1. The van der Waals surface area contributed by atoms with E-state index in [0.29, 0.717) is 0 Å². The number of hydrogen-bond acceptors (Lipinski definition) is 1. The van der Waals surface area contributed by atoms with Crippen molar-refractivity contribution in [1.29, 1.82) is 0 Å². The fourth-order valence-corrected chi connectivity index (χ4v) is 1.76. The molecule has 0 amide bonds. The Morgan fingerprint density at radius 3 is 3.00 bits per heavy atom. The second kappa shape index (κ2) is 3.24. The molecule has 3 rings (SSSR count). The number of rotatable bonds is 1. The van der Waals surface area contributed by atoms with Gasteiger partial charge in [0, 0.05) is 5.56 Å². The second-order valence-corrected chi connectivity index (χ2v) is 3.40. The highest BCUT2D eigenvalue weighted by Crippen LogP contribution is 2.25. The van der Waals surface area contributed by atoms with E-state index in [1.165, 1.54) is 0 Å². The molecule has 71 valence electrons. The van der Waals surface area contributed by atoms with Crippen LogP contribution in [0.15, 0.2) is 48.8 Å². The van der Waals surface area contributed by atoms with Gasteiger partial charge in [-0.3, -0.25) is 0 Å². The number of imidazole rings is 1. The molecule has 3 aromatic rings. The maximum absolute atomic E-state index is 4.33. The standard InChI is InChI=1S/C13H9N2/c1-2-5-10(6-3-1)11-7-4-8-12-13(11)15-9-14-12/h1-2,4-9H,(H,14,15). The molecule has 0 spiro atoms. The zero-order chi connectivity index (χ0) is 10.1. The van der Waals surface area contributed by atoms with Gasteiger partial charge in [-0.2, -0.15) is 0 Å². The molecule has 0 saturated carbocycles. The Bertz CT molecular complexity index is 582. The topological polar surface area (TPSA) is 28.7 Å². The van der Waals surface area contributed by atoms with E-state index in [2.05, 4.69) is 28.2 Å². The number of para-hydroxylation sites is 1. The van der Waals surface area contributed by atoms with Gasteiger partial charge in [-0.25, -0.2) is 4.98 Å². The van der Waals surface area contributed by atoms with Gasteiger partial charge in [-0.1, -0.05) is 30.3 Å². The Kier molecular flexibility index (Phi) is 1.78. The second-order valence-electron chi connectivity index (χ2n) is 3.40. The third-order valence-electron chi connectivity index (χ3n) is 2.47. The van der Waals surface area contributed by atoms with Crippen LogP contribution in [0.1, 0.15) is 0 Å². The molecule has 2 aromatic carbocycles. The van der Waals surface area contributed by atoms with E-state index in [-0.39, 0.29) is 0 Å². The average Bonchev–Trinajstić information content (AvgIpc) is 2.78. The predicted molar refractivity (Wildman–Crippen MR) is 60.4 cm³/mol. The summed E-state index contributed by atoms with van der Waals surface area (Å²) in [6.07, 6.45) is 1.72. The number of aromatic amines is 1. The van der Waals surface area contributed by atoms with Crippen LogP contribution in [-0.2, 0) is 0 Å². The lowest BCUT2D eigenvalue weighted by Gasteiger charge is -2.01. The van der Waals surface area contributed by atoms with Crippen molar-refractivity contribution < 1.29 is 0 Å². The van der Waals surface area contributed by atoms with Gasteiger partial charge in [0.1, 0.15) is 0 Å². The van der Waals surface area contributed by atoms with Crippen molar-refractivity contribution in [2.24, 2.45) is 0 Å². The van der Waals surface area contributed by atoms with E-state index in [9.17, 15) is 0 Å². The highest BCUT2D eigenvalue weighted by atomic mass is 14.9. The van der Waals surface area contributed by atoms with Crippen molar-refractivity contribution in [2.75, 3.05) is 0 Å². The van der Waals surface area contributed by atoms with Crippen LogP contribution in [0.2, 0.25) is 0 Å². The van der Waals surface area contributed by atoms with E-state index < -0.39 is 0 Å². The molecule has 1 aromatic heterocycles. The van der Waals surface area contributed by atoms with Gasteiger partial charge in [0.05, 0.1) is 17.4 Å². The van der Waals surface area contributed by atoms with E-state index in [1.807, 2.05) is 30.3 Å². The summed E-state index contributed by atoms with van der Waals surface area (Å²) in [7, 11) is 0. The van der Waals surface area contributed by atoms with Crippen LogP contribution in [0, 0.1) is 6.07 Å². The molecule has 1 heterocycles. The first kappa shape index (κ1) is 8.24. The molecule has 2 nitrogen and oxygen atoms in total. The van der Waals surface area contributed by atoms with Crippen LogP contribution in [0.4, 0.5) is 0 Å². The van der Waals surface area contributed by atoms with E-state index >= 15 is 0 Å². The van der Waals surface area contributed by atoms with Crippen LogP contribution < -0.4 is 0 Å². The largest absolute Gasteiger partial charge is 0.345 e. The van der Waals surface area contributed by atoms with Gasteiger partial charge < -0.3 is 4.98 Å². The summed E-state index contributed by atoms with van der Waals surface area (Å²) in [6, 6.07) is 17.1. The Labute approximate surface area is 87.6 Å². The molecule has 2 heteroatoms. The molecule has 1 N–H and O–H groups in total. The third-order valence-corrected chi connectivity index (χ3v) is 2.47. The lowest BCUT2D eigenvalue weighted by atomic mass is 10.0. The SMILES string of the molecule is [c]1cccc(-c2cccc3[nH]cnc23)c1. The van der Waals surface area contributed by atoms with E-state index in [4.69, 9.17) is 0 Å². The van der Waals surface area contributed by atoms with Gasteiger partial charge in [-0.15, -0.1) is 0 Å². The van der Waals surface area contributed by atoms with E-state index in [1.54, 1.807) is 6.33 Å². The number of fused-ring (bicyclic) bond motifs is 1. The van der Waals surface area contributed by atoms with Crippen LogP contribution >= 0.6 is 0 Å². The molecule has 0 unspecified atom stereocenters. The number of H-pyrrole nitrogens is 1. The van der Waals surface area contributed by atoms with Crippen LogP contribution in [0.3, 0.4) is 0 Å². The Hall–Kier alpha value is -2.09. The maximum Gasteiger partial charge on any atom is 0.0960 e. The first-order valence-corrected chi connectivity index (χ1v) is 4.84. The molecule has 0 aliphatic carbocycles. The zero-order valence-electron chi connectivity index (χ0n) is 8.07. The molecule has 15 heavy (non-hydrogen) atoms. The Morgan fingerprint density at radius 1 is 1.13 bits per heavy atom. The van der Waals surface area contributed by atoms with Crippen molar-refractivity contribution in [3.05, 3.63) is 54.9 Å². The van der Waals surface area contributed by atoms with Gasteiger partial charge in [0.25, 0.3) is 0 Å². The number of hydrogen-bond donors (Lipinski definition) is 1. The molecule has 0 bridgehead atoms. The zero-order valence-corrected chi connectivity index (χ0v) is 8.07. The summed E-state index contributed by atoms with van der Waals surface area (Å²) < 4.78 is 0. The van der Waals surface area contributed by atoms with Crippen LogP contribution in [0.25, 0.3) is 22.2 Å². The Balaban J connectivity index is 2.31. The van der Waals surface area contributed by atoms with Gasteiger partial charge >= 0.3 is 0 Å². The smallest absolute Gasteiger partial charge is 0.0960 e. The van der Waals surface area contributed by atoms with Crippen molar-refractivity contribution >= 4 is 11.0 Å². The van der Waals surface area contributed by atoms with Crippen molar-refractivity contribution in [3.8, 4) is 11.1 Å². The fraction of sp³-hybridized carbons (Fsp3) is 0. The molecule has 0 fully saturated rings. The summed E-state index contributed by atoms with van der Waals surface area (Å²) in [4.78, 5) is 7.43. The number of aromatic nitrogens is 2. The molecular weight excluding hydrogens is 184 g/mol. The lowest BCUT2D eigenvalue weighted by molar-refractivity contribution is 1.34. The minimum absolute atomic E-state index is 1.01. The van der Waals surface area contributed by atoms with Gasteiger partial charge in [-0.05, 0) is 23.8 Å². The summed E-state index contributed by atoms with van der Waals surface area (Å²) in [5, 5.41) is 0. The Morgan fingerprint density at radius 2 is 2.13 bits per heavy atom. The summed E-state index contributed by atoms with van der Waals surface area (Å²) in [5.41, 5.74) is 4.37. The first-order valence-electron chi connectivity index (χ1n) is 4.84. The average molecular weight is 193 g/mol. The van der Waals surface area contributed by atoms with E-state index in [0.717, 1.165) is 22.2 Å². The maximum atomic E-state index is 4.33. The molecule has 0 aliphatic rings. The third kappa shape index (κ3) is 1.31. The van der Waals surface area contributed by atoms with Crippen LogP contribution in [0.5, 0.6) is 0 Å². The minimum Gasteiger partial charge on any atom is -0.345 e. The summed E-state index contributed by atoms with van der Waals surface area (Å²) >= 11 is 0. The normalized spacial score (nSPS) is 10.7. The first-order chi connectivity index (χ1) is 7.45. The highest BCUT2D eigenvalue weighted by Gasteiger charge is 2.04. The molecule has 0 aliphatic heterocycles. The summed E-state index contributed by atoms with van der Waals surface area (Å²) in [5.74, 6) is 0. The summed E-state index contributed by atoms with van der Waals surface area (Å²) in [6.45, 7) is 0.